The monoisotopic (exact) mass is 216 g/mol. The molecule has 1 heterocycles. The largest absolute Gasteiger partial charge is 0.364 e. The van der Waals surface area contributed by atoms with E-state index in [9.17, 15) is 4.79 Å². The summed E-state index contributed by atoms with van der Waals surface area (Å²) in [5, 5.41) is 6.27. The summed E-state index contributed by atoms with van der Waals surface area (Å²) < 4.78 is 4.61. The highest BCUT2D eigenvalue weighted by Gasteiger charge is 2.08. The average molecular weight is 216 g/mol. The summed E-state index contributed by atoms with van der Waals surface area (Å²) in [6.45, 7) is 3.98. The average Bonchev–Trinajstić information content (AvgIpc) is 2.68. The third-order valence-electron chi connectivity index (χ3n) is 2.17. The number of rotatable bonds is 2. The Balaban J connectivity index is 2.18. The van der Waals surface area contributed by atoms with E-state index in [2.05, 4.69) is 21.1 Å². The summed E-state index contributed by atoms with van der Waals surface area (Å²) >= 11 is 0. The van der Waals surface area contributed by atoms with Crippen LogP contribution in [0.4, 0.5) is 5.69 Å². The molecule has 2 rings (SSSR count). The molecule has 0 saturated carbocycles. The minimum Gasteiger partial charge on any atom is -0.364 e. The molecule has 0 radical (unpaired) electrons. The van der Waals surface area contributed by atoms with Crippen LogP contribution < -0.4 is 5.32 Å². The summed E-state index contributed by atoms with van der Waals surface area (Å²) in [6, 6.07) is 5.88. The lowest BCUT2D eigenvalue weighted by atomic mass is 10.1. The van der Waals surface area contributed by atoms with Crippen LogP contribution in [0.2, 0.25) is 0 Å². The van der Waals surface area contributed by atoms with Crippen LogP contribution in [0.15, 0.2) is 35.2 Å². The molecule has 0 spiro atoms. The fourth-order valence-electron chi connectivity index (χ4n) is 1.57. The molecule has 16 heavy (non-hydrogen) atoms. The van der Waals surface area contributed by atoms with Gasteiger partial charge in [0.15, 0.2) is 0 Å². The van der Waals surface area contributed by atoms with E-state index >= 15 is 0 Å². The summed E-state index contributed by atoms with van der Waals surface area (Å²) in [5.74, 6) is -0.216. The number of hydrogen-bond donors (Lipinski definition) is 1. The number of nitrogens with one attached hydrogen (secondary N) is 1. The fourth-order valence-corrected chi connectivity index (χ4v) is 1.57. The first-order chi connectivity index (χ1) is 7.65. The molecule has 1 aromatic carbocycles. The minimum absolute atomic E-state index is 0.216. The Morgan fingerprint density at radius 3 is 2.50 bits per heavy atom. The van der Waals surface area contributed by atoms with Crippen molar-refractivity contribution in [2.24, 2.45) is 0 Å². The van der Waals surface area contributed by atoms with E-state index in [0.717, 1.165) is 16.8 Å². The molecule has 4 heteroatoms. The van der Waals surface area contributed by atoms with Crippen LogP contribution in [0.25, 0.3) is 0 Å². The van der Waals surface area contributed by atoms with Crippen molar-refractivity contribution in [3.63, 3.8) is 0 Å². The van der Waals surface area contributed by atoms with Crippen LogP contribution in [-0.2, 0) is 0 Å². The SMILES string of the molecule is Cc1cc(C)cc(NC(=O)c2cnoc2)c1. The number of amides is 1. The molecular weight excluding hydrogens is 204 g/mol. The first-order valence-electron chi connectivity index (χ1n) is 4.94. The maximum Gasteiger partial charge on any atom is 0.260 e. The predicted octanol–water partition coefficient (Wildman–Crippen LogP) is 2.54. The maximum atomic E-state index is 11.7. The van der Waals surface area contributed by atoms with Crippen molar-refractivity contribution in [1.29, 1.82) is 0 Å². The predicted molar refractivity (Wildman–Crippen MR) is 60.4 cm³/mol. The lowest BCUT2D eigenvalue weighted by molar-refractivity contribution is 0.102. The smallest absolute Gasteiger partial charge is 0.260 e. The highest BCUT2D eigenvalue weighted by molar-refractivity contribution is 6.03. The van der Waals surface area contributed by atoms with Gasteiger partial charge in [-0.05, 0) is 37.1 Å². The van der Waals surface area contributed by atoms with Gasteiger partial charge in [-0.15, -0.1) is 0 Å². The van der Waals surface area contributed by atoms with Gasteiger partial charge in [0, 0.05) is 5.69 Å². The highest BCUT2D eigenvalue weighted by Crippen LogP contribution is 2.14. The third-order valence-corrected chi connectivity index (χ3v) is 2.17. The molecule has 82 valence electrons. The molecule has 0 fully saturated rings. The molecule has 0 saturated heterocycles. The first kappa shape index (κ1) is 10.4. The van der Waals surface area contributed by atoms with Crippen LogP contribution in [-0.4, -0.2) is 11.1 Å². The first-order valence-corrected chi connectivity index (χ1v) is 4.94. The lowest BCUT2D eigenvalue weighted by Crippen LogP contribution is -2.11. The summed E-state index contributed by atoms with van der Waals surface area (Å²) in [6.07, 6.45) is 2.70. The molecule has 1 N–H and O–H groups in total. The van der Waals surface area contributed by atoms with Crippen LogP contribution in [0.5, 0.6) is 0 Å². The van der Waals surface area contributed by atoms with Crippen LogP contribution in [0, 0.1) is 13.8 Å². The molecule has 0 aliphatic heterocycles. The van der Waals surface area contributed by atoms with Gasteiger partial charge < -0.3 is 9.84 Å². The Morgan fingerprint density at radius 1 is 1.25 bits per heavy atom. The second kappa shape index (κ2) is 4.18. The second-order valence-electron chi connectivity index (χ2n) is 3.74. The maximum absolute atomic E-state index is 11.7. The van der Waals surface area contributed by atoms with E-state index in [1.54, 1.807) is 0 Å². The molecule has 1 amide bonds. The molecule has 0 atom stereocenters. The number of aryl methyl sites for hydroxylation is 2. The number of carbonyl (C=O) groups excluding carboxylic acids is 1. The lowest BCUT2D eigenvalue weighted by Gasteiger charge is -2.05. The fraction of sp³-hybridized carbons (Fsp3) is 0.167. The Bertz CT molecular complexity index is 483. The summed E-state index contributed by atoms with van der Waals surface area (Å²) in [5.41, 5.74) is 3.42. The molecule has 1 aromatic heterocycles. The topological polar surface area (TPSA) is 55.1 Å². The Morgan fingerprint density at radius 2 is 1.94 bits per heavy atom. The van der Waals surface area contributed by atoms with Gasteiger partial charge in [-0.2, -0.15) is 0 Å². The van der Waals surface area contributed by atoms with Crippen molar-refractivity contribution >= 4 is 11.6 Å². The van der Waals surface area contributed by atoms with E-state index in [0.29, 0.717) is 5.56 Å². The zero-order chi connectivity index (χ0) is 11.5. The standard InChI is InChI=1S/C12H12N2O2/c1-8-3-9(2)5-11(4-8)14-12(15)10-6-13-16-7-10/h3-7H,1-2H3,(H,14,15). The molecule has 4 nitrogen and oxygen atoms in total. The van der Waals surface area contributed by atoms with Crippen LogP contribution in [0.1, 0.15) is 21.5 Å². The second-order valence-corrected chi connectivity index (χ2v) is 3.74. The van der Waals surface area contributed by atoms with Gasteiger partial charge in [-0.3, -0.25) is 4.79 Å². The van der Waals surface area contributed by atoms with Crippen LogP contribution >= 0.6 is 0 Å². The van der Waals surface area contributed by atoms with Gasteiger partial charge >= 0.3 is 0 Å². The van der Waals surface area contributed by atoms with Gasteiger partial charge in [0.1, 0.15) is 6.26 Å². The molecule has 0 bridgehead atoms. The van der Waals surface area contributed by atoms with Crippen LogP contribution in [0.3, 0.4) is 0 Å². The third kappa shape index (κ3) is 2.28. The molecule has 0 aliphatic rings. The van der Waals surface area contributed by atoms with E-state index in [-0.39, 0.29) is 5.91 Å². The van der Waals surface area contributed by atoms with E-state index in [1.165, 1.54) is 12.5 Å². The Kier molecular flexibility index (Phi) is 2.72. The number of carbonyl (C=O) groups is 1. The van der Waals surface area contributed by atoms with Crippen molar-refractivity contribution < 1.29 is 9.32 Å². The zero-order valence-electron chi connectivity index (χ0n) is 9.15. The summed E-state index contributed by atoms with van der Waals surface area (Å²) in [4.78, 5) is 11.7. The Hall–Kier alpha value is -2.10. The van der Waals surface area contributed by atoms with Gasteiger partial charge in [0.05, 0.1) is 11.8 Å². The number of hydrogen-bond acceptors (Lipinski definition) is 3. The minimum atomic E-state index is -0.216. The molecular formula is C12H12N2O2. The van der Waals surface area contributed by atoms with Crippen molar-refractivity contribution in [3.05, 3.63) is 47.3 Å². The van der Waals surface area contributed by atoms with E-state index < -0.39 is 0 Å². The van der Waals surface area contributed by atoms with Crippen molar-refractivity contribution in [1.82, 2.24) is 5.16 Å². The van der Waals surface area contributed by atoms with Gasteiger partial charge in [-0.25, -0.2) is 0 Å². The molecule has 2 aromatic rings. The van der Waals surface area contributed by atoms with Gasteiger partial charge in [-0.1, -0.05) is 11.2 Å². The number of benzene rings is 1. The quantitative estimate of drug-likeness (QED) is 0.839. The van der Waals surface area contributed by atoms with Crippen molar-refractivity contribution in [2.45, 2.75) is 13.8 Å². The normalized spacial score (nSPS) is 10.1. The van der Waals surface area contributed by atoms with Crippen molar-refractivity contribution in [3.8, 4) is 0 Å². The molecule has 0 aliphatic carbocycles. The summed E-state index contributed by atoms with van der Waals surface area (Å²) in [7, 11) is 0. The van der Waals surface area contributed by atoms with E-state index in [1.807, 2.05) is 26.0 Å². The Labute approximate surface area is 93.3 Å². The van der Waals surface area contributed by atoms with E-state index in [4.69, 9.17) is 0 Å². The molecule has 0 unspecified atom stereocenters. The zero-order valence-corrected chi connectivity index (χ0v) is 9.15. The van der Waals surface area contributed by atoms with Gasteiger partial charge in [0.25, 0.3) is 5.91 Å². The van der Waals surface area contributed by atoms with Crippen molar-refractivity contribution in [2.75, 3.05) is 5.32 Å². The number of anilines is 1. The van der Waals surface area contributed by atoms with Gasteiger partial charge in [0.2, 0.25) is 0 Å². The highest BCUT2D eigenvalue weighted by atomic mass is 16.5. The number of aromatic nitrogens is 1. The number of nitrogens with zero attached hydrogens (tertiary/aromatic N) is 1.